The average molecular weight is 426 g/mol. The second kappa shape index (κ2) is 7.95. The lowest BCUT2D eigenvalue weighted by molar-refractivity contribution is 1.08. The number of hydrogen-bond donors (Lipinski definition) is 0. The van der Waals surface area contributed by atoms with Crippen molar-refractivity contribution in [2.45, 2.75) is 6.92 Å². The highest BCUT2D eigenvalue weighted by Gasteiger charge is 2.22. The third-order valence-electron chi connectivity index (χ3n) is 6.04. The summed E-state index contributed by atoms with van der Waals surface area (Å²) in [6.07, 6.45) is 2.21. The van der Waals surface area contributed by atoms with E-state index in [1.54, 1.807) is 0 Å². The Kier molecular flexibility index (Phi) is 4.66. The van der Waals surface area contributed by atoms with Crippen LogP contribution in [-0.2, 0) is 0 Å². The first-order valence-electron chi connectivity index (χ1n) is 11.2. The van der Waals surface area contributed by atoms with Gasteiger partial charge in [0, 0.05) is 28.6 Å². The second-order valence-corrected chi connectivity index (χ2v) is 8.26. The van der Waals surface area contributed by atoms with E-state index in [2.05, 4.69) is 131 Å². The summed E-state index contributed by atoms with van der Waals surface area (Å²) < 4.78 is 4.49. The van der Waals surface area contributed by atoms with Gasteiger partial charge in [0.1, 0.15) is 0 Å². The van der Waals surface area contributed by atoms with Crippen molar-refractivity contribution in [3.05, 3.63) is 127 Å². The first-order valence-corrected chi connectivity index (χ1v) is 11.2. The molecule has 6 rings (SSSR count). The molecule has 158 valence electrons. The summed E-state index contributed by atoms with van der Waals surface area (Å²) in [5, 5.41) is 0. The highest BCUT2D eigenvalue weighted by molar-refractivity contribution is 5.83. The van der Waals surface area contributed by atoms with Gasteiger partial charge in [0.15, 0.2) is 0 Å². The molecule has 0 fully saturated rings. The standard InChI is InChI=1S/C30H23N3/c1-22-17-19-26(20-18-22)33-27(23-11-5-2-6-12-23)21-32-29(25-15-9-4-10-16-25)28(31-30(32)33)24-13-7-3-8-14-24/h2-21H,1H3. The molecule has 2 aromatic heterocycles. The van der Waals surface area contributed by atoms with Gasteiger partial charge >= 0.3 is 0 Å². The van der Waals surface area contributed by atoms with Gasteiger partial charge in [-0.15, -0.1) is 0 Å². The first kappa shape index (κ1) is 19.3. The van der Waals surface area contributed by atoms with E-state index in [9.17, 15) is 0 Å². The minimum absolute atomic E-state index is 0.899. The van der Waals surface area contributed by atoms with Gasteiger partial charge in [-0.05, 0) is 19.1 Å². The molecule has 0 atom stereocenters. The number of rotatable bonds is 4. The third-order valence-corrected chi connectivity index (χ3v) is 6.04. The fourth-order valence-corrected chi connectivity index (χ4v) is 4.42. The highest BCUT2D eigenvalue weighted by Crippen LogP contribution is 2.36. The molecular weight excluding hydrogens is 402 g/mol. The normalized spacial score (nSPS) is 11.2. The van der Waals surface area contributed by atoms with Gasteiger partial charge in [-0.25, -0.2) is 4.98 Å². The van der Waals surface area contributed by atoms with E-state index in [1.807, 2.05) is 6.07 Å². The van der Waals surface area contributed by atoms with Crippen LogP contribution in [0, 0.1) is 6.92 Å². The van der Waals surface area contributed by atoms with E-state index in [0.717, 1.165) is 45.2 Å². The lowest BCUT2D eigenvalue weighted by Gasteiger charge is -2.09. The molecule has 3 heteroatoms. The van der Waals surface area contributed by atoms with Crippen LogP contribution in [-0.4, -0.2) is 14.0 Å². The van der Waals surface area contributed by atoms with Crippen molar-refractivity contribution in [3.8, 4) is 39.5 Å². The van der Waals surface area contributed by atoms with Gasteiger partial charge < -0.3 is 0 Å². The lowest BCUT2D eigenvalue weighted by Crippen LogP contribution is -1.98. The predicted octanol–water partition coefficient (Wildman–Crippen LogP) is 7.43. The fourth-order valence-electron chi connectivity index (χ4n) is 4.42. The number of hydrogen-bond acceptors (Lipinski definition) is 1. The predicted molar refractivity (Wildman–Crippen MR) is 136 cm³/mol. The monoisotopic (exact) mass is 425 g/mol. The van der Waals surface area contributed by atoms with E-state index in [4.69, 9.17) is 4.98 Å². The summed E-state index contributed by atoms with van der Waals surface area (Å²) in [6.45, 7) is 2.11. The molecule has 0 amide bonds. The third kappa shape index (κ3) is 3.35. The maximum Gasteiger partial charge on any atom is 0.220 e. The second-order valence-electron chi connectivity index (χ2n) is 8.26. The van der Waals surface area contributed by atoms with Crippen molar-refractivity contribution in [3.63, 3.8) is 0 Å². The van der Waals surface area contributed by atoms with E-state index >= 15 is 0 Å². The van der Waals surface area contributed by atoms with Crippen LogP contribution < -0.4 is 0 Å². The zero-order valence-corrected chi connectivity index (χ0v) is 18.4. The summed E-state index contributed by atoms with van der Waals surface area (Å²) in [5.74, 6) is 0.899. The Morgan fingerprint density at radius 3 is 1.73 bits per heavy atom. The Morgan fingerprint density at radius 1 is 0.576 bits per heavy atom. The van der Waals surface area contributed by atoms with Gasteiger partial charge in [-0.1, -0.05) is 109 Å². The summed E-state index contributed by atoms with van der Waals surface area (Å²) >= 11 is 0. The van der Waals surface area contributed by atoms with Crippen molar-refractivity contribution >= 4 is 5.78 Å². The molecule has 6 aromatic rings. The quantitative estimate of drug-likeness (QED) is 0.288. The highest BCUT2D eigenvalue weighted by atomic mass is 15.2. The van der Waals surface area contributed by atoms with E-state index < -0.39 is 0 Å². The van der Waals surface area contributed by atoms with Crippen molar-refractivity contribution in [1.82, 2.24) is 14.0 Å². The smallest absolute Gasteiger partial charge is 0.220 e. The van der Waals surface area contributed by atoms with Gasteiger partial charge in [-0.2, -0.15) is 0 Å². The summed E-state index contributed by atoms with van der Waals surface area (Å²) in [5.41, 5.74) is 8.93. The summed E-state index contributed by atoms with van der Waals surface area (Å²) in [6, 6.07) is 40.1. The molecule has 3 nitrogen and oxygen atoms in total. The van der Waals surface area contributed by atoms with Gasteiger partial charge in [0.25, 0.3) is 0 Å². The topological polar surface area (TPSA) is 22.2 Å². The zero-order chi connectivity index (χ0) is 22.2. The molecule has 0 N–H and O–H groups in total. The van der Waals surface area contributed by atoms with E-state index in [1.165, 1.54) is 5.56 Å². The van der Waals surface area contributed by atoms with Crippen molar-refractivity contribution < 1.29 is 0 Å². The minimum Gasteiger partial charge on any atom is -0.282 e. The number of imidazole rings is 2. The van der Waals surface area contributed by atoms with Gasteiger partial charge in [0.05, 0.1) is 17.1 Å². The SMILES string of the molecule is Cc1ccc(-n2c(-c3ccccc3)cn3c(-c4ccccc4)c(-c4ccccc4)nc23)cc1. The van der Waals surface area contributed by atoms with Gasteiger partial charge in [0.2, 0.25) is 5.78 Å². The number of nitrogens with zero attached hydrogens (tertiary/aromatic N) is 3. The molecule has 0 bridgehead atoms. The van der Waals surface area contributed by atoms with Crippen molar-refractivity contribution in [2.75, 3.05) is 0 Å². The van der Waals surface area contributed by atoms with Crippen LogP contribution >= 0.6 is 0 Å². The van der Waals surface area contributed by atoms with Crippen LogP contribution in [0.4, 0.5) is 0 Å². The molecule has 4 aromatic carbocycles. The van der Waals surface area contributed by atoms with Crippen LogP contribution in [0.2, 0.25) is 0 Å². The molecule has 0 spiro atoms. The zero-order valence-electron chi connectivity index (χ0n) is 18.4. The van der Waals surface area contributed by atoms with Crippen LogP contribution in [0.25, 0.3) is 45.2 Å². The van der Waals surface area contributed by atoms with Crippen molar-refractivity contribution in [2.24, 2.45) is 0 Å². The van der Waals surface area contributed by atoms with Crippen LogP contribution in [0.1, 0.15) is 5.56 Å². The van der Waals surface area contributed by atoms with Crippen LogP contribution in [0.3, 0.4) is 0 Å². The number of aromatic nitrogens is 3. The Morgan fingerprint density at radius 2 is 1.12 bits per heavy atom. The molecular formula is C30H23N3. The van der Waals surface area contributed by atoms with Crippen LogP contribution in [0.5, 0.6) is 0 Å². The van der Waals surface area contributed by atoms with E-state index in [-0.39, 0.29) is 0 Å². The molecule has 33 heavy (non-hydrogen) atoms. The number of benzene rings is 4. The Hall–Kier alpha value is -4.37. The maximum absolute atomic E-state index is 5.23. The van der Waals surface area contributed by atoms with Crippen molar-refractivity contribution in [1.29, 1.82) is 0 Å². The Labute approximate surface area is 193 Å². The molecule has 0 radical (unpaired) electrons. The molecule has 0 unspecified atom stereocenters. The number of fused-ring (bicyclic) bond motifs is 1. The summed E-state index contributed by atoms with van der Waals surface area (Å²) in [7, 11) is 0. The fraction of sp³-hybridized carbons (Fsp3) is 0.0333. The molecule has 0 aliphatic carbocycles. The lowest BCUT2D eigenvalue weighted by atomic mass is 10.0. The minimum atomic E-state index is 0.899. The number of aryl methyl sites for hydroxylation is 1. The summed E-state index contributed by atoms with van der Waals surface area (Å²) in [4.78, 5) is 5.23. The molecule has 0 aliphatic rings. The van der Waals surface area contributed by atoms with E-state index in [0.29, 0.717) is 0 Å². The maximum atomic E-state index is 5.23. The first-order chi connectivity index (χ1) is 16.3. The molecule has 0 aliphatic heterocycles. The Balaban J connectivity index is 1.72. The Bertz CT molecular complexity index is 1530. The molecule has 0 saturated heterocycles. The van der Waals surface area contributed by atoms with Crippen LogP contribution in [0.15, 0.2) is 121 Å². The average Bonchev–Trinajstić information content (AvgIpc) is 3.43. The molecule has 2 heterocycles. The molecule has 0 saturated carbocycles. The largest absolute Gasteiger partial charge is 0.282 e. The van der Waals surface area contributed by atoms with Gasteiger partial charge in [-0.3, -0.25) is 8.97 Å².